The first-order chi connectivity index (χ1) is 7.20. The Hall–Kier alpha value is -1.89. The number of nitrogens with one attached hydrogen (secondary N) is 1. The number of carboxylic acids is 1. The highest BCUT2D eigenvalue weighted by molar-refractivity contribution is 7.16. The van der Waals surface area contributed by atoms with E-state index in [2.05, 4.69) is 15.2 Å². The van der Waals surface area contributed by atoms with Crippen LogP contribution < -0.4 is 4.74 Å². The third-order valence-corrected chi connectivity index (χ3v) is 2.71. The second kappa shape index (κ2) is 3.70. The quantitative estimate of drug-likeness (QED) is 0.820. The van der Waals surface area contributed by atoms with Crippen LogP contribution >= 0.6 is 11.3 Å². The third kappa shape index (κ3) is 1.82. The zero-order valence-electron chi connectivity index (χ0n) is 7.72. The fourth-order valence-electron chi connectivity index (χ4n) is 1.03. The van der Waals surface area contributed by atoms with Crippen molar-refractivity contribution in [2.75, 3.05) is 7.11 Å². The van der Waals surface area contributed by atoms with Gasteiger partial charge in [-0.05, 0) is 6.07 Å². The number of thiazole rings is 1. The van der Waals surface area contributed by atoms with Crippen molar-refractivity contribution in [3.63, 3.8) is 0 Å². The van der Waals surface area contributed by atoms with E-state index in [-0.39, 0.29) is 5.69 Å². The number of nitrogens with zero attached hydrogens (tertiary/aromatic N) is 2. The minimum Gasteiger partial charge on any atom is -0.476 e. The summed E-state index contributed by atoms with van der Waals surface area (Å²) < 4.78 is 4.93. The average Bonchev–Trinajstić information content (AvgIpc) is 2.86. The number of carbonyl (C=O) groups is 1. The molecular formula is C8H7N3O3S. The van der Waals surface area contributed by atoms with Crippen LogP contribution in [0.5, 0.6) is 5.19 Å². The SMILES string of the molecule is COc1ncc(-c2cc(C(=O)O)n[nH]2)s1. The Balaban J connectivity index is 2.32. The maximum atomic E-state index is 10.6. The van der Waals surface area contributed by atoms with Crippen LogP contribution in [0.4, 0.5) is 0 Å². The van der Waals surface area contributed by atoms with E-state index >= 15 is 0 Å². The van der Waals surface area contributed by atoms with Gasteiger partial charge in [-0.2, -0.15) is 5.10 Å². The zero-order valence-corrected chi connectivity index (χ0v) is 8.54. The van der Waals surface area contributed by atoms with E-state index in [0.717, 1.165) is 4.88 Å². The minimum atomic E-state index is -1.06. The van der Waals surface area contributed by atoms with Crippen LogP contribution in [0.2, 0.25) is 0 Å². The van der Waals surface area contributed by atoms with Gasteiger partial charge in [0, 0.05) is 0 Å². The molecule has 2 aromatic heterocycles. The van der Waals surface area contributed by atoms with E-state index in [0.29, 0.717) is 10.9 Å². The molecule has 0 aliphatic heterocycles. The standard InChI is InChI=1S/C8H7N3O3S/c1-14-8-9-3-6(15-8)4-2-5(7(12)13)11-10-4/h2-3H,1H3,(H,10,11)(H,12,13). The van der Waals surface area contributed by atoms with Gasteiger partial charge in [-0.1, -0.05) is 11.3 Å². The van der Waals surface area contributed by atoms with Gasteiger partial charge in [0.25, 0.3) is 5.19 Å². The molecule has 0 aliphatic carbocycles. The predicted octanol–water partition coefficient (Wildman–Crippen LogP) is 1.24. The van der Waals surface area contributed by atoms with Gasteiger partial charge in [0.15, 0.2) is 5.69 Å². The number of H-pyrrole nitrogens is 1. The van der Waals surface area contributed by atoms with Gasteiger partial charge < -0.3 is 9.84 Å². The molecule has 0 atom stereocenters. The Morgan fingerprint density at radius 2 is 2.47 bits per heavy atom. The lowest BCUT2D eigenvalue weighted by molar-refractivity contribution is 0.0690. The molecule has 0 saturated heterocycles. The van der Waals surface area contributed by atoms with Gasteiger partial charge in [-0.15, -0.1) is 0 Å². The molecule has 2 aromatic rings. The first-order valence-electron chi connectivity index (χ1n) is 3.99. The van der Waals surface area contributed by atoms with E-state index in [1.807, 2.05) is 0 Å². The highest BCUT2D eigenvalue weighted by atomic mass is 32.1. The fourth-order valence-corrected chi connectivity index (χ4v) is 1.73. The molecule has 0 radical (unpaired) electrons. The average molecular weight is 225 g/mol. The second-order valence-corrected chi connectivity index (χ2v) is 3.66. The van der Waals surface area contributed by atoms with Crippen LogP contribution in [-0.2, 0) is 0 Å². The van der Waals surface area contributed by atoms with Crippen molar-refractivity contribution in [1.82, 2.24) is 15.2 Å². The molecule has 0 bridgehead atoms. The molecule has 15 heavy (non-hydrogen) atoms. The van der Waals surface area contributed by atoms with Gasteiger partial charge >= 0.3 is 5.97 Å². The molecule has 0 amide bonds. The molecule has 7 heteroatoms. The van der Waals surface area contributed by atoms with Crippen LogP contribution in [0.1, 0.15) is 10.5 Å². The van der Waals surface area contributed by atoms with Crippen LogP contribution in [0, 0.1) is 0 Å². The molecule has 0 fully saturated rings. The summed E-state index contributed by atoms with van der Waals surface area (Å²) in [6.07, 6.45) is 1.60. The van der Waals surface area contributed by atoms with Crippen LogP contribution in [0.25, 0.3) is 10.6 Å². The van der Waals surface area contributed by atoms with E-state index in [1.54, 1.807) is 6.20 Å². The van der Waals surface area contributed by atoms with Gasteiger partial charge in [-0.3, -0.25) is 5.10 Å². The zero-order chi connectivity index (χ0) is 10.8. The number of carboxylic acid groups (broad SMARTS) is 1. The van der Waals surface area contributed by atoms with Crippen molar-refractivity contribution in [2.24, 2.45) is 0 Å². The molecule has 0 spiro atoms. The number of ether oxygens (including phenoxy) is 1. The van der Waals surface area contributed by atoms with Crippen LogP contribution in [0.3, 0.4) is 0 Å². The fraction of sp³-hybridized carbons (Fsp3) is 0.125. The molecule has 2 N–H and O–H groups in total. The Kier molecular flexibility index (Phi) is 2.38. The molecule has 0 unspecified atom stereocenters. The van der Waals surface area contributed by atoms with Crippen molar-refractivity contribution in [2.45, 2.75) is 0 Å². The topological polar surface area (TPSA) is 88.1 Å². The number of aromatic nitrogens is 3. The van der Waals surface area contributed by atoms with Crippen molar-refractivity contribution in [3.05, 3.63) is 18.0 Å². The van der Waals surface area contributed by atoms with Crippen molar-refractivity contribution >= 4 is 17.3 Å². The number of methoxy groups -OCH3 is 1. The summed E-state index contributed by atoms with van der Waals surface area (Å²) in [6.45, 7) is 0. The van der Waals surface area contributed by atoms with Crippen molar-refractivity contribution < 1.29 is 14.6 Å². The van der Waals surface area contributed by atoms with E-state index in [4.69, 9.17) is 9.84 Å². The lowest BCUT2D eigenvalue weighted by Crippen LogP contribution is -1.95. The van der Waals surface area contributed by atoms with E-state index in [1.165, 1.54) is 24.5 Å². The van der Waals surface area contributed by atoms with Gasteiger partial charge in [-0.25, -0.2) is 9.78 Å². The molecule has 2 heterocycles. The van der Waals surface area contributed by atoms with E-state index < -0.39 is 5.97 Å². The number of hydrogen-bond acceptors (Lipinski definition) is 5. The monoisotopic (exact) mass is 225 g/mol. The summed E-state index contributed by atoms with van der Waals surface area (Å²) in [7, 11) is 1.53. The van der Waals surface area contributed by atoms with Gasteiger partial charge in [0.1, 0.15) is 0 Å². The molecule has 0 aliphatic rings. The highest BCUT2D eigenvalue weighted by Crippen LogP contribution is 2.28. The smallest absolute Gasteiger partial charge is 0.356 e. The number of aromatic carboxylic acids is 1. The highest BCUT2D eigenvalue weighted by Gasteiger charge is 2.11. The number of rotatable bonds is 3. The minimum absolute atomic E-state index is 0.0163. The van der Waals surface area contributed by atoms with Crippen LogP contribution in [-0.4, -0.2) is 33.4 Å². The third-order valence-electron chi connectivity index (χ3n) is 1.72. The van der Waals surface area contributed by atoms with Gasteiger partial charge in [0.05, 0.1) is 23.9 Å². The molecule has 0 saturated carbocycles. The normalized spacial score (nSPS) is 10.2. The summed E-state index contributed by atoms with van der Waals surface area (Å²) in [5.41, 5.74) is 0.602. The second-order valence-electron chi connectivity index (χ2n) is 2.67. The number of aromatic amines is 1. The Morgan fingerprint density at radius 1 is 1.67 bits per heavy atom. The molecule has 0 aromatic carbocycles. The molecule has 6 nitrogen and oxygen atoms in total. The molecule has 78 valence electrons. The van der Waals surface area contributed by atoms with E-state index in [9.17, 15) is 4.79 Å². The predicted molar refractivity (Wildman–Crippen MR) is 53.2 cm³/mol. The summed E-state index contributed by atoms with van der Waals surface area (Å²) in [6, 6.07) is 1.45. The maximum Gasteiger partial charge on any atom is 0.356 e. The first-order valence-corrected chi connectivity index (χ1v) is 4.81. The number of hydrogen-bond donors (Lipinski definition) is 2. The largest absolute Gasteiger partial charge is 0.476 e. The Bertz CT molecular complexity index is 491. The summed E-state index contributed by atoms with van der Waals surface area (Å²) in [4.78, 5) is 15.3. The lowest BCUT2D eigenvalue weighted by atomic mass is 10.3. The van der Waals surface area contributed by atoms with Crippen molar-refractivity contribution in [1.29, 1.82) is 0 Å². The molecular weight excluding hydrogens is 218 g/mol. The Morgan fingerprint density at radius 3 is 3.00 bits per heavy atom. The van der Waals surface area contributed by atoms with Crippen LogP contribution in [0.15, 0.2) is 12.3 Å². The summed E-state index contributed by atoms with van der Waals surface area (Å²) in [5, 5.41) is 15.5. The first kappa shape index (κ1) is 9.66. The molecule has 2 rings (SSSR count). The summed E-state index contributed by atoms with van der Waals surface area (Å²) in [5.74, 6) is -1.06. The Labute approximate surface area is 88.5 Å². The van der Waals surface area contributed by atoms with Crippen molar-refractivity contribution in [3.8, 4) is 15.8 Å². The van der Waals surface area contributed by atoms with Gasteiger partial charge in [0.2, 0.25) is 0 Å². The summed E-state index contributed by atoms with van der Waals surface area (Å²) >= 11 is 1.31. The lowest BCUT2D eigenvalue weighted by Gasteiger charge is -1.87. The maximum absolute atomic E-state index is 10.6.